The summed E-state index contributed by atoms with van der Waals surface area (Å²) in [6.45, 7) is 18.4. The molecular weight excluding hydrogens is 506 g/mol. The molecule has 3 heterocycles. The van der Waals surface area contributed by atoms with Crippen molar-refractivity contribution < 1.29 is 9.59 Å². The molecule has 0 aromatic carbocycles. The molecule has 0 radical (unpaired) electrons. The van der Waals surface area contributed by atoms with Gasteiger partial charge in [-0.25, -0.2) is 0 Å². The summed E-state index contributed by atoms with van der Waals surface area (Å²) in [5.74, 6) is 1.53. The van der Waals surface area contributed by atoms with Gasteiger partial charge in [0.1, 0.15) is 6.04 Å². The fourth-order valence-corrected chi connectivity index (χ4v) is 6.94. The highest BCUT2D eigenvalue weighted by atomic mass is 16.2. The van der Waals surface area contributed by atoms with E-state index in [-0.39, 0.29) is 23.8 Å². The zero-order chi connectivity index (χ0) is 29.8. The Balaban J connectivity index is 0.00000226. The number of carbonyl (C=O) groups excluding carboxylic acids is 2. The lowest BCUT2D eigenvalue weighted by molar-refractivity contribution is -0.145. The van der Waals surface area contributed by atoms with Crippen LogP contribution < -0.4 is 0 Å². The van der Waals surface area contributed by atoms with E-state index in [1.54, 1.807) is 5.57 Å². The van der Waals surface area contributed by atoms with Crippen LogP contribution in [0.25, 0.3) is 0 Å². The predicted molar refractivity (Wildman–Crippen MR) is 173 cm³/mol. The molecule has 2 unspecified atom stereocenters. The van der Waals surface area contributed by atoms with E-state index in [2.05, 4.69) is 50.8 Å². The predicted octanol–water partition coefficient (Wildman–Crippen LogP) is 7.78. The quantitative estimate of drug-likeness (QED) is 0.200. The van der Waals surface area contributed by atoms with Crippen LogP contribution in [0.4, 0.5) is 0 Å². The molecule has 3 aliphatic heterocycles. The zero-order valence-electron chi connectivity index (χ0n) is 27.4. The van der Waals surface area contributed by atoms with Crippen molar-refractivity contribution >= 4 is 11.8 Å². The first-order valence-corrected chi connectivity index (χ1v) is 17.2. The van der Waals surface area contributed by atoms with Gasteiger partial charge in [-0.3, -0.25) is 9.59 Å². The average Bonchev–Trinajstić information content (AvgIpc) is 3.71. The van der Waals surface area contributed by atoms with Crippen LogP contribution in [0.3, 0.4) is 0 Å². The lowest BCUT2D eigenvalue weighted by Gasteiger charge is -2.35. The van der Waals surface area contributed by atoms with E-state index in [1.807, 2.05) is 23.6 Å². The molecule has 0 spiro atoms. The van der Waals surface area contributed by atoms with Crippen molar-refractivity contribution in [2.24, 2.45) is 17.8 Å². The molecule has 0 aromatic heterocycles. The number of piperidine rings is 1. The highest BCUT2D eigenvalue weighted by molar-refractivity contribution is 5.90. The van der Waals surface area contributed by atoms with E-state index < -0.39 is 0 Å². The molecule has 5 heteroatoms. The Morgan fingerprint density at radius 1 is 0.878 bits per heavy atom. The molecular formula is C36H61N3O2. The number of carbonyl (C=O) groups is 2. The monoisotopic (exact) mass is 567 g/mol. The Morgan fingerprint density at radius 3 is 2.20 bits per heavy atom. The number of hydrogen-bond donors (Lipinski definition) is 0. The summed E-state index contributed by atoms with van der Waals surface area (Å²) in [5, 5.41) is 0. The summed E-state index contributed by atoms with van der Waals surface area (Å²) in [5.41, 5.74) is 4.18. The Kier molecular flexibility index (Phi) is 14.2. The number of rotatable bonds is 10. The molecule has 1 aliphatic carbocycles. The van der Waals surface area contributed by atoms with Crippen LogP contribution in [0.15, 0.2) is 34.9 Å². The zero-order valence-corrected chi connectivity index (χ0v) is 27.4. The molecule has 232 valence electrons. The molecule has 3 saturated heterocycles. The Morgan fingerprint density at radius 2 is 1.56 bits per heavy atom. The van der Waals surface area contributed by atoms with E-state index in [1.165, 1.54) is 50.5 Å². The highest BCUT2D eigenvalue weighted by Crippen LogP contribution is 2.31. The Bertz CT molecular complexity index is 919. The van der Waals surface area contributed by atoms with Gasteiger partial charge in [0.15, 0.2) is 0 Å². The normalized spacial score (nSPS) is 23.9. The van der Waals surface area contributed by atoms with Crippen molar-refractivity contribution in [1.29, 1.82) is 0 Å². The molecule has 5 nitrogen and oxygen atoms in total. The van der Waals surface area contributed by atoms with Gasteiger partial charge in [-0.05, 0) is 122 Å². The van der Waals surface area contributed by atoms with Gasteiger partial charge in [-0.15, -0.1) is 0 Å². The van der Waals surface area contributed by atoms with E-state index in [0.29, 0.717) is 5.92 Å². The molecule has 2 atom stereocenters. The summed E-state index contributed by atoms with van der Waals surface area (Å²) in [7, 11) is 0. The van der Waals surface area contributed by atoms with E-state index in [4.69, 9.17) is 0 Å². The lowest BCUT2D eigenvalue weighted by atomic mass is 9.86. The standard InChI is InChI=1S/C34H55N3O2.C2H6/c1-26(2)27(3)14-15-28(4)31(33(38)37-21-10-13-32(37)34(39)36-19-8-9-20-36)18-24-35-22-16-30(17-23-35)25-29-11-6-5-7-12-29;1-2/h11,14-15,26,30-32H,5-10,12-13,16-25H2,1-4H3;1-2H3/b27-14-,28-15+;. The summed E-state index contributed by atoms with van der Waals surface area (Å²) >= 11 is 0. The van der Waals surface area contributed by atoms with Gasteiger partial charge in [0, 0.05) is 19.6 Å². The summed E-state index contributed by atoms with van der Waals surface area (Å²) in [4.78, 5) is 34.0. The van der Waals surface area contributed by atoms with Crippen LogP contribution in [0.1, 0.15) is 119 Å². The third-order valence-electron chi connectivity index (χ3n) is 9.98. The van der Waals surface area contributed by atoms with Crippen molar-refractivity contribution in [3.63, 3.8) is 0 Å². The van der Waals surface area contributed by atoms with Gasteiger partial charge in [0.25, 0.3) is 0 Å². The minimum Gasteiger partial charge on any atom is -0.341 e. The largest absolute Gasteiger partial charge is 0.341 e. The van der Waals surface area contributed by atoms with E-state index >= 15 is 0 Å². The Labute approximate surface area is 252 Å². The molecule has 4 aliphatic rings. The van der Waals surface area contributed by atoms with Crippen LogP contribution >= 0.6 is 0 Å². The van der Waals surface area contributed by atoms with Gasteiger partial charge >= 0.3 is 0 Å². The molecule has 0 bridgehead atoms. The number of allylic oxidation sites excluding steroid dienone is 5. The SMILES string of the molecule is C/C(=C/C=C(\C)C(CCN1CCC(CC2=CCCCC2)CC1)C(=O)N1CCCC1C(=O)N1CCCC1)C(C)C.CC. The van der Waals surface area contributed by atoms with Crippen LogP contribution in [-0.2, 0) is 9.59 Å². The number of amides is 2. The van der Waals surface area contributed by atoms with Crippen LogP contribution in [-0.4, -0.2) is 71.8 Å². The van der Waals surface area contributed by atoms with Gasteiger partial charge in [0.05, 0.1) is 5.92 Å². The Hall–Kier alpha value is -1.88. The number of nitrogens with zero attached hydrogens (tertiary/aromatic N) is 3. The minimum atomic E-state index is -0.260. The van der Waals surface area contributed by atoms with Crippen molar-refractivity contribution in [2.45, 2.75) is 125 Å². The third-order valence-corrected chi connectivity index (χ3v) is 9.98. The average molecular weight is 568 g/mol. The molecule has 4 rings (SSSR count). The van der Waals surface area contributed by atoms with Crippen LogP contribution in [0, 0.1) is 17.8 Å². The first kappa shape index (κ1) is 33.6. The second-order valence-corrected chi connectivity index (χ2v) is 13.1. The van der Waals surface area contributed by atoms with Crippen molar-refractivity contribution in [2.75, 3.05) is 39.3 Å². The van der Waals surface area contributed by atoms with Crippen molar-refractivity contribution in [3.05, 3.63) is 34.9 Å². The molecule has 0 N–H and O–H groups in total. The fraction of sp³-hybridized carbons (Fsp3) is 0.778. The molecule has 3 fully saturated rings. The molecule has 0 saturated carbocycles. The summed E-state index contributed by atoms with van der Waals surface area (Å²) in [6.07, 6.45) is 20.9. The van der Waals surface area contributed by atoms with Crippen LogP contribution in [0.2, 0.25) is 0 Å². The third kappa shape index (κ3) is 9.83. The van der Waals surface area contributed by atoms with Gasteiger partial charge in [-0.1, -0.05) is 62.6 Å². The van der Waals surface area contributed by atoms with E-state index in [0.717, 1.165) is 82.9 Å². The maximum absolute atomic E-state index is 14.1. The van der Waals surface area contributed by atoms with E-state index in [9.17, 15) is 9.59 Å². The second-order valence-electron chi connectivity index (χ2n) is 13.1. The van der Waals surface area contributed by atoms with Crippen molar-refractivity contribution in [3.8, 4) is 0 Å². The second kappa shape index (κ2) is 17.3. The number of likely N-dealkylation sites (tertiary alicyclic amines) is 3. The first-order valence-electron chi connectivity index (χ1n) is 17.2. The summed E-state index contributed by atoms with van der Waals surface area (Å²) in [6, 6.07) is -0.260. The van der Waals surface area contributed by atoms with Crippen LogP contribution in [0.5, 0.6) is 0 Å². The molecule has 41 heavy (non-hydrogen) atoms. The van der Waals surface area contributed by atoms with Crippen molar-refractivity contribution in [1.82, 2.24) is 14.7 Å². The van der Waals surface area contributed by atoms with Gasteiger partial charge in [-0.2, -0.15) is 0 Å². The molecule has 2 amide bonds. The topological polar surface area (TPSA) is 43.9 Å². The van der Waals surface area contributed by atoms with Gasteiger partial charge in [0.2, 0.25) is 11.8 Å². The number of hydrogen-bond acceptors (Lipinski definition) is 3. The molecule has 0 aromatic rings. The lowest BCUT2D eigenvalue weighted by Crippen LogP contribution is -2.49. The maximum Gasteiger partial charge on any atom is 0.245 e. The van der Waals surface area contributed by atoms with Gasteiger partial charge < -0.3 is 14.7 Å². The first-order chi connectivity index (χ1) is 19.8. The fourth-order valence-electron chi connectivity index (χ4n) is 6.94. The summed E-state index contributed by atoms with van der Waals surface area (Å²) < 4.78 is 0. The smallest absolute Gasteiger partial charge is 0.245 e. The highest BCUT2D eigenvalue weighted by Gasteiger charge is 2.39. The minimum absolute atomic E-state index is 0.154. The maximum atomic E-state index is 14.1.